The largest absolute Gasteiger partial charge is 0.318 e. The van der Waals surface area contributed by atoms with Gasteiger partial charge in [0.15, 0.2) is 5.69 Å². The normalized spacial score (nSPS) is 12.6. The Morgan fingerprint density at radius 1 is 1.14 bits per heavy atom. The summed E-state index contributed by atoms with van der Waals surface area (Å²) >= 11 is 0. The first kappa shape index (κ1) is 17.8. The van der Waals surface area contributed by atoms with Gasteiger partial charge in [-0.1, -0.05) is 12.1 Å². The molecule has 1 aliphatic rings. The third-order valence-electron chi connectivity index (χ3n) is 4.63. The van der Waals surface area contributed by atoms with Crippen LogP contribution < -0.4 is 5.32 Å². The number of amides is 1. The van der Waals surface area contributed by atoms with Crippen LogP contribution in [0.25, 0.3) is 5.69 Å². The minimum absolute atomic E-state index is 0.0571. The lowest BCUT2D eigenvalue weighted by atomic mass is 10.2. The molecule has 1 heterocycles. The van der Waals surface area contributed by atoms with E-state index < -0.39 is 22.5 Å². The molecule has 1 aromatic heterocycles. The number of carbonyl (C=O) groups excluding carboxylic acids is 1. The standard InChI is InChI=1S/C19H14F2N4O3/c20-13-9-8-11(25(27)28)10-15(13)22-19(26)18-12-4-3-7-16(12)24(23-18)17-6-2-1-5-14(17)21/h1-2,5-6,8-10H,3-4,7H2,(H,22,26). The molecule has 0 fully saturated rings. The summed E-state index contributed by atoms with van der Waals surface area (Å²) in [5.74, 6) is -1.98. The van der Waals surface area contributed by atoms with Gasteiger partial charge < -0.3 is 5.32 Å². The molecule has 2 aromatic carbocycles. The predicted molar refractivity (Wildman–Crippen MR) is 96.6 cm³/mol. The molecule has 0 bridgehead atoms. The highest BCUT2D eigenvalue weighted by Crippen LogP contribution is 2.30. The van der Waals surface area contributed by atoms with Crippen LogP contribution >= 0.6 is 0 Å². The lowest BCUT2D eigenvalue weighted by Gasteiger charge is -2.07. The second-order valence-corrected chi connectivity index (χ2v) is 6.37. The van der Waals surface area contributed by atoms with Crippen LogP contribution in [0.3, 0.4) is 0 Å². The number of nitrogens with one attached hydrogen (secondary N) is 1. The Morgan fingerprint density at radius 2 is 1.93 bits per heavy atom. The SMILES string of the molecule is O=C(Nc1cc([N+](=O)[O-])ccc1F)c1nn(-c2ccccc2F)c2c1CCC2. The number of nitro groups is 1. The minimum atomic E-state index is -0.802. The summed E-state index contributed by atoms with van der Waals surface area (Å²) in [5, 5.41) is 17.5. The van der Waals surface area contributed by atoms with Crippen LogP contribution in [-0.4, -0.2) is 20.6 Å². The molecule has 0 unspecified atom stereocenters. The molecule has 1 N–H and O–H groups in total. The number of benzene rings is 2. The van der Waals surface area contributed by atoms with E-state index in [2.05, 4.69) is 10.4 Å². The summed E-state index contributed by atoms with van der Waals surface area (Å²) in [6.45, 7) is 0. The molecule has 0 aliphatic heterocycles. The zero-order valence-electron chi connectivity index (χ0n) is 14.5. The van der Waals surface area contributed by atoms with Crippen molar-refractivity contribution >= 4 is 17.3 Å². The number of hydrogen-bond acceptors (Lipinski definition) is 4. The van der Waals surface area contributed by atoms with E-state index in [0.29, 0.717) is 18.4 Å². The van der Waals surface area contributed by atoms with E-state index in [0.717, 1.165) is 30.3 Å². The quantitative estimate of drug-likeness (QED) is 0.547. The topological polar surface area (TPSA) is 90.1 Å². The Kier molecular flexibility index (Phi) is 4.34. The highest BCUT2D eigenvalue weighted by molar-refractivity contribution is 6.04. The molecule has 0 saturated heterocycles. The van der Waals surface area contributed by atoms with Gasteiger partial charge in [-0.15, -0.1) is 0 Å². The maximum absolute atomic E-state index is 14.2. The Morgan fingerprint density at radius 3 is 2.68 bits per heavy atom. The second-order valence-electron chi connectivity index (χ2n) is 6.37. The molecule has 7 nitrogen and oxygen atoms in total. The summed E-state index contributed by atoms with van der Waals surface area (Å²) in [5.41, 5.74) is 1.02. The minimum Gasteiger partial charge on any atom is -0.318 e. The van der Waals surface area contributed by atoms with Crippen molar-refractivity contribution in [2.45, 2.75) is 19.3 Å². The first-order chi connectivity index (χ1) is 13.5. The number of rotatable bonds is 4. The van der Waals surface area contributed by atoms with Crippen molar-refractivity contribution in [3.63, 3.8) is 0 Å². The average Bonchev–Trinajstić information content (AvgIpc) is 3.26. The summed E-state index contributed by atoms with van der Waals surface area (Å²) in [7, 11) is 0. The van der Waals surface area contributed by atoms with E-state index in [1.54, 1.807) is 18.2 Å². The number of fused-ring (bicyclic) bond motifs is 1. The Hall–Kier alpha value is -3.62. The van der Waals surface area contributed by atoms with Gasteiger partial charge in [0.05, 0.1) is 10.6 Å². The molecule has 142 valence electrons. The van der Waals surface area contributed by atoms with Crippen molar-refractivity contribution in [1.29, 1.82) is 0 Å². The molecule has 1 aliphatic carbocycles. The van der Waals surface area contributed by atoms with Crippen molar-refractivity contribution < 1.29 is 18.5 Å². The molecule has 0 atom stereocenters. The van der Waals surface area contributed by atoms with Gasteiger partial charge in [-0.3, -0.25) is 14.9 Å². The maximum Gasteiger partial charge on any atom is 0.276 e. The Bertz CT molecular complexity index is 1110. The predicted octanol–water partition coefficient (Wildman–Crippen LogP) is 3.80. The van der Waals surface area contributed by atoms with E-state index in [1.165, 1.54) is 10.7 Å². The van der Waals surface area contributed by atoms with Gasteiger partial charge in [0.2, 0.25) is 0 Å². The second kappa shape index (κ2) is 6.84. The zero-order chi connectivity index (χ0) is 19.8. The number of nitro benzene ring substituents is 1. The van der Waals surface area contributed by atoms with E-state index in [4.69, 9.17) is 0 Å². The third-order valence-corrected chi connectivity index (χ3v) is 4.63. The van der Waals surface area contributed by atoms with Crippen molar-refractivity contribution in [2.24, 2.45) is 0 Å². The highest BCUT2D eigenvalue weighted by atomic mass is 19.1. The molecule has 28 heavy (non-hydrogen) atoms. The highest BCUT2D eigenvalue weighted by Gasteiger charge is 2.28. The molecular formula is C19H14F2N4O3. The zero-order valence-corrected chi connectivity index (χ0v) is 14.5. The summed E-state index contributed by atoms with van der Waals surface area (Å²) in [6, 6.07) is 8.95. The van der Waals surface area contributed by atoms with Crippen molar-refractivity contribution in [2.75, 3.05) is 5.32 Å². The van der Waals surface area contributed by atoms with E-state index in [9.17, 15) is 23.7 Å². The smallest absolute Gasteiger partial charge is 0.276 e. The van der Waals surface area contributed by atoms with Crippen molar-refractivity contribution in [3.05, 3.63) is 81.2 Å². The monoisotopic (exact) mass is 384 g/mol. The van der Waals surface area contributed by atoms with Gasteiger partial charge in [-0.2, -0.15) is 5.10 Å². The number of hydrogen-bond donors (Lipinski definition) is 1. The molecule has 0 spiro atoms. The number of anilines is 1. The Balaban J connectivity index is 1.72. The van der Waals surface area contributed by atoms with E-state index in [1.807, 2.05) is 0 Å². The number of halogens is 2. The molecular weight excluding hydrogens is 370 g/mol. The van der Waals surface area contributed by atoms with Gasteiger partial charge >= 0.3 is 0 Å². The number of non-ortho nitro benzene ring substituents is 1. The summed E-state index contributed by atoms with van der Waals surface area (Å²) < 4.78 is 29.6. The van der Waals surface area contributed by atoms with Crippen LogP contribution in [0.4, 0.5) is 20.2 Å². The molecule has 3 aromatic rings. The van der Waals surface area contributed by atoms with Gasteiger partial charge in [-0.25, -0.2) is 13.5 Å². The summed E-state index contributed by atoms with van der Waals surface area (Å²) in [6.07, 6.45) is 2.01. The van der Waals surface area contributed by atoms with Gasteiger partial charge in [0.25, 0.3) is 11.6 Å². The molecule has 4 rings (SSSR count). The van der Waals surface area contributed by atoms with Gasteiger partial charge in [0, 0.05) is 23.4 Å². The van der Waals surface area contributed by atoms with Crippen LogP contribution in [0.5, 0.6) is 0 Å². The van der Waals surface area contributed by atoms with Crippen LogP contribution in [0, 0.1) is 21.7 Å². The number of carbonyl (C=O) groups is 1. The first-order valence-electron chi connectivity index (χ1n) is 8.56. The van der Waals surface area contributed by atoms with E-state index >= 15 is 0 Å². The van der Waals surface area contributed by atoms with Crippen LogP contribution in [0.15, 0.2) is 42.5 Å². The number of nitrogens with zero attached hydrogens (tertiary/aromatic N) is 3. The lowest BCUT2D eigenvalue weighted by Crippen LogP contribution is -2.16. The van der Waals surface area contributed by atoms with Crippen LogP contribution in [0.1, 0.15) is 28.2 Å². The average molecular weight is 384 g/mol. The van der Waals surface area contributed by atoms with Crippen molar-refractivity contribution in [3.8, 4) is 5.69 Å². The molecule has 0 saturated carbocycles. The fraction of sp³-hybridized carbons (Fsp3) is 0.158. The maximum atomic E-state index is 14.2. The molecule has 1 amide bonds. The Labute approximate surface area is 157 Å². The number of aromatic nitrogens is 2. The fourth-order valence-corrected chi connectivity index (χ4v) is 3.35. The molecule has 9 heteroatoms. The molecule has 0 radical (unpaired) electrons. The third kappa shape index (κ3) is 3.00. The van der Waals surface area contributed by atoms with Crippen LogP contribution in [0.2, 0.25) is 0 Å². The number of para-hydroxylation sites is 1. The van der Waals surface area contributed by atoms with Crippen LogP contribution in [-0.2, 0) is 12.8 Å². The van der Waals surface area contributed by atoms with Crippen molar-refractivity contribution in [1.82, 2.24) is 9.78 Å². The fourth-order valence-electron chi connectivity index (χ4n) is 3.35. The van der Waals surface area contributed by atoms with Gasteiger partial charge in [-0.05, 0) is 37.5 Å². The van der Waals surface area contributed by atoms with E-state index in [-0.39, 0.29) is 22.8 Å². The van der Waals surface area contributed by atoms with Gasteiger partial charge in [0.1, 0.15) is 17.3 Å². The first-order valence-corrected chi connectivity index (χ1v) is 8.56. The summed E-state index contributed by atoms with van der Waals surface area (Å²) in [4.78, 5) is 22.9. The lowest BCUT2D eigenvalue weighted by molar-refractivity contribution is -0.384.